The molecule has 0 spiro atoms. The van der Waals surface area contributed by atoms with Crippen molar-refractivity contribution >= 4 is 11.7 Å². The third-order valence-electron chi connectivity index (χ3n) is 4.31. The van der Waals surface area contributed by atoms with Crippen LogP contribution < -0.4 is 10.6 Å². The summed E-state index contributed by atoms with van der Waals surface area (Å²) in [6.45, 7) is 1.06. The Morgan fingerprint density at radius 3 is 2.84 bits per heavy atom. The molecule has 6 nitrogen and oxygen atoms in total. The number of anilines is 1. The van der Waals surface area contributed by atoms with E-state index >= 15 is 0 Å². The van der Waals surface area contributed by atoms with Crippen molar-refractivity contribution in [1.29, 1.82) is 0 Å². The van der Waals surface area contributed by atoms with E-state index in [1.807, 2.05) is 0 Å². The molecule has 6 heteroatoms. The van der Waals surface area contributed by atoms with Gasteiger partial charge in [0.05, 0.1) is 12.4 Å². The van der Waals surface area contributed by atoms with Gasteiger partial charge in [-0.15, -0.1) is 0 Å². The first-order valence-electron chi connectivity index (χ1n) is 6.86. The van der Waals surface area contributed by atoms with Crippen molar-refractivity contribution in [1.82, 2.24) is 9.97 Å². The Kier molecular flexibility index (Phi) is 3.23. The van der Waals surface area contributed by atoms with Crippen LogP contribution in [0.3, 0.4) is 0 Å². The highest BCUT2D eigenvalue weighted by Gasteiger charge is 2.36. The van der Waals surface area contributed by atoms with Gasteiger partial charge in [0.2, 0.25) is 0 Å². The van der Waals surface area contributed by atoms with Gasteiger partial charge in [0.15, 0.2) is 5.84 Å². The Bertz CT molecular complexity index is 472. The molecule has 1 aromatic heterocycles. The van der Waals surface area contributed by atoms with Gasteiger partial charge in [-0.25, -0.2) is 9.97 Å². The third kappa shape index (κ3) is 2.22. The zero-order valence-electron chi connectivity index (χ0n) is 10.9. The number of aromatic nitrogens is 2. The van der Waals surface area contributed by atoms with Crippen LogP contribution in [0, 0.1) is 5.92 Å². The molecule has 2 aliphatic rings. The summed E-state index contributed by atoms with van der Waals surface area (Å²) in [6, 6.07) is 0.623. The lowest BCUT2D eigenvalue weighted by molar-refractivity contribution is 0.318. The van der Waals surface area contributed by atoms with E-state index in [0.717, 1.165) is 18.3 Å². The second-order valence-corrected chi connectivity index (χ2v) is 5.34. The van der Waals surface area contributed by atoms with Crippen molar-refractivity contribution < 1.29 is 5.21 Å². The summed E-state index contributed by atoms with van der Waals surface area (Å²) in [5, 5.41) is 11.5. The number of hydrogen-bond donors (Lipinski definition) is 2. The SMILES string of the molecule is NC(=NO)c1cnc(N2CCC3CCCCC32)cn1. The lowest BCUT2D eigenvalue weighted by Crippen LogP contribution is -2.35. The molecule has 19 heavy (non-hydrogen) atoms. The Balaban J connectivity index is 1.79. The summed E-state index contributed by atoms with van der Waals surface area (Å²) < 4.78 is 0. The zero-order valence-corrected chi connectivity index (χ0v) is 10.9. The zero-order chi connectivity index (χ0) is 13.2. The summed E-state index contributed by atoms with van der Waals surface area (Å²) in [5.41, 5.74) is 5.90. The lowest BCUT2D eigenvalue weighted by Gasteiger charge is -2.32. The minimum atomic E-state index is -0.00369. The average molecular weight is 261 g/mol. The van der Waals surface area contributed by atoms with E-state index < -0.39 is 0 Å². The van der Waals surface area contributed by atoms with Gasteiger partial charge in [0.1, 0.15) is 11.5 Å². The van der Waals surface area contributed by atoms with Gasteiger partial charge in [-0.2, -0.15) is 0 Å². The molecule has 2 fully saturated rings. The fourth-order valence-corrected chi connectivity index (χ4v) is 3.34. The van der Waals surface area contributed by atoms with Crippen molar-refractivity contribution in [2.75, 3.05) is 11.4 Å². The van der Waals surface area contributed by atoms with E-state index in [0.29, 0.717) is 11.7 Å². The second-order valence-electron chi connectivity index (χ2n) is 5.34. The van der Waals surface area contributed by atoms with E-state index in [2.05, 4.69) is 20.0 Å². The molecule has 1 aliphatic carbocycles. The van der Waals surface area contributed by atoms with E-state index in [4.69, 9.17) is 10.9 Å². The van der Waals surface area contributed by atoms with Crippen LogP contribution in [-0.2, 0) is 0 Å². The van der Waals surface area contributed by atoms with Crippen LogP contribution in [0.15, 0.2) is 17.5 Å². The van der Waals surface area contributed by atoms with Crippen molar-refractivity contribution in [3.63, 3.8) is 0 Å². The highest BCUT2D eigenvalue weighted by molar-refractivity contribution is 5.94. The largest absolute Gasteiger partial charge is 0.409 e. The van der Waals surface area contributed by atoms with E-state index in [9.17, 15) is 0 Å². The van der Waals surface area contributed by atoms with E-state index in [1.165, 1.54) is 32.1 Å². The molecule has 1 aromatic rings. The van der Waals surface area contributed by atoms with Crippen LogP contribution in [0.4, 0.5) is 5.82 Å². The van der Waals surface area contributed by atoms with Crippen molar-refractivity contribution in [2.24, 2.45) is 16.8 Å². The lowest BCUT2D eigenvalue weighted by atomic mass is 9.85. The normalized spacial score (nSPS) is 27.4. The Hall–Kier alpha value is -1.85. The molecule has 1 saturated carbocycles. The average Bonchev–Trinajstić information content (AvgIpc) is 2.90. The van der Waals surface area contributed by atoms with Gasteiger partial charge in [-0.05, 0) is 25.2 Å². The number of hydrogen-bond acceptors (Lipinski definition) is 5. The molecule has 2 heterocycles. The Morgan fingerprint density at radius 2 is 2.11 bits per heavy atom. The monoisotopic (exact) mass is 261 g/mol. The summed E-state index contributed by atoms with van der Waals surface area (Å²) in [6.07, 6.45) is 9.83. The maximum Gasteiger partial charge on any atom is 0.190 e. The van der Waals surface area contributed by atoms with Crippen molar-refractivity contribution in [2.45, 2.75) is 38.1 Å². The van der Waals surface area contributed by atoms with Gasteiger partial charge in [-0.3, -0.25) is 0 Å². The predicted octanol–water partition coefficient (Wildman–Crippen LogP) is 1.34. The summed E-state index contributed by atoms with van der Waals surface area (Å²) in [4.78, 5) is 11.0. The summed E-state index contributed by atoms with van der Waals surface area (Å²) in [7, 11) is 0. The maximum absolute atomic E-state index is 8.61. The molecular formula is C13H19N5O. The number of rotatable bonds is 2. The van der Waals surface area contributed by atoms with Crippen molar-refractivity contribution in [3.8, 4) is 0 Å². The smallest absolute Gasteiger partial charge is 0.190 e. The number of nitrogens with two attached hydrogens (primary N) is 1. The number of oxime groups is 1. The topological polar surface area (TPSA) is 87.6 Å². The molecule has 2 atom stereocenters. The molecule has 0 radical (unpaired) electrons. The minimum absolute atomic E-state index is 0.00369. The van der Waals surface area contributed by atoms with Crippen LogP contribution in [0.1, 0.15) is 37.8 Å². The Labute approximate surface area is 112 Å². The number of nitrogens with zero attached hydrogens (tertiary/aromatic N) is 4. The van der Waals surface area contributed by atoms with Crippen LogP contribution in [-0.4, -0.2) is 33.6 Å². The van der Waals surface area contributed by atoms with Crippen LogP contribution >= 0.6 is 0 Å². The van der Waals surface area contributed by atoms with Crippen LogP contribution in [0.2, 0.25) is 0 Å². The number of amidine groups is 1. The molecule has 0 aromatic carbocycles. The van der Waals surface area contributed by atoms with Gasteiger partial charge in [0, 0.05) is 12.6 Å². The maximum atomic E-state index is 8.61. The van der Waals surface area contributed by atoms with E-state index in [-0.39, 0.29) is 5.84 Å². The molecule has 0 bridgehead atoms. The molecular weight excluding hydrogens is 242 g/mol. The summed E-state index contributed by atoms with van der Waals surface area (Å²) >= 11 is 0. The first kappa shape index (κ1) is 12.2. The molecule has 1 aliphatic heterocycles. The quantitative estimate of drug-likeness (QED) is 0.363. The molecule has 1 saturated heterocycles. The fourth-order valence-electron chi connectivity index (χ4n) is 3.34. The van der Waals surface area contributed by atoms with E-state index in [1.54, 1.807) is 12.4 Å². The molecule has 2 unspecified atom stereocenters. The van der Waals surface area contributed by atoms with Crippen LogP contribution in [0.25, 0.3) is 0 Å². The van der Waals surface area contributed by atoms with Gasteiger partial charge in [-0.1, -0.05) is 18.0 Å². The molecule has 3 rings (SSSR count). The fraction of sp³-hybridized carbons (Fsp3) is 0.615. The second kappa shape index (κ2) is 5.03. The summed E-state index contributed by atoms with van der Waals surface area (Å²) in [5.74, 6) is 1.72. The van der Waals surface area contributed by atoms with Gasteiger partial charge in [0.25, 0.3) is 0 Å². The van der Waals surface area contributed by atoms with Crippen LogP contribution in [0.5, 0.6) is 0 Å². The molecule has 3 N–H and O–H groups in total. The standard InChI is InChI=1S/C13H19N5O/c14-13(17-19)10-7-16-12(8-15-10)18-6-5-9-3-1-2-4-11(9)18/h7-9,11,19H,1-6H2,(H2,14,17). The first-order valence-corrected chi connectivity index (χ1v) is 6.86. The molecule has 102 valence electrons. The first-order chi connectivity index (χ1) is 9.29. The van der Waals surface area contributed by atoms with Gasteiger partial charge >= 0.3 is 0 Å². The van der Waals surface area contributed by atoms with Gasteiger partial charge < -0.3 is 15.8 Å². The van der Waals surface area contributed by atoms with Crippen molar-refractivity contribution in [3.05, 3.63) is 18.1 Å². The highest BCUT2D eigenvalue weighted by Crippen LogP contribution is 2.37. The minimum Gasteiger partial charge on any atom is -0.409 e. The number of fused-ring (bicyclic) bond motifs is 1. The third-order valence-corrected chi connectivity index (χ3v) is 4.31. The highest BCUT2D eigenvalue weighted by atomic mass is 16.4. The molecule has 0 amide bonds. The predicted molar refractivity (Wildman–Crippen MR) is 72.3 cm³/mol. The Morgan fingerprint density at radius 1 is 1.26 bits per heavy atom.